The summed E-state index contributed by atoms with van der Waals surface area (Å²) in [7, 11) is 0. The minimum Gasteiger partial charge on any atom is -0.391 e. The van der Waals surface area contributed by atoms with Crippen molar-refractivity contribution in [2.75, 3.05) is 6.54 Å². The number of nitrogens with one attached hydrogen (secondary N) is 1. The lowest BCUT2D eigenvalue weighted by atomic mass is 9.89. The summed E-state index contributed by atoms with van der Waals surface area (Å²) in [6.45, 7) is 12.2. The van der Waals surface area contributed by atoms with Gasteiger partial charge in [-0.15, -0.1) is 0 Å². The van der Waals surface area contributed by atoms with Gasteiger partial charge in [-0.25, -0.2) is 0 Å². The molecule has 2 N–H and O–H groups in total. The third kappa shape index (κ3) is 4.30. The quantitative estimate of drug-likeness (QED) is 0.848. The average Bonchev–Trinajstić information content (AvgIpc) is 2.78. The fourth-order valence-electron chi connectivity index (χ4n) is 2.24. The number of carbonyl (C=O) groups excluding carboxylic acids is 1. The molecule has 1 amide bonds. The van der Waals surface area contributed by atoms with E-state index in [-0.39, 0.29) is 17.9 Å². The van der Waals surface area contributed by atoms with Gasteiger partial charge >= 0.3 is 0 Å². The van der Waals surface area contributed by atoms with Crippen molar-refractivity contribution in [3.63, 3.8) is 0 Å². The lowest BCUT2D eigenvalue weighted by Crippen LogP contribution is -2.39. The van der Waals surface area contributed by atoms with Crippen LogP contribution in [0, 0.1) is 12.3 Å². The van der Waals surface area contributed by atoms with Gasteiger partial charge in [0.25, 0.3) is 5.91 Å². The van der Waals surface area contributed by atoms with Crippen LogP contribution in [-0.4, -0.2) is 33.4 Å². The fraction of sp³-hybridized carbons (Fsp3) is 0.750. The van der Waals surface area contributed by atoms with Gasteiger partial charge in [-0.1, -0.05) is 34.6 Å². The summed E-state index contributed by atoms with van der Waals surface area (Å²) in [6, 6.07) is 0.326. The summed E-state index contributed by atoms with van der Waals surface area (Å²) in [5.74, 6) is -0.173. The average molecular weight is 295 g/mol. The molecule has 0 aliphatic carbocycles. The van der Waals surface area contributed by atoms with Gasteiger partial charge in [0.1, 0.15) is 0 Å². The zero-order valence-corrected chi connectivity index (χ0v) is 14.1. The van der Waals surface area contributed by atoms with E-state index in [0.717, 1.165) is 18.5 Å². The number of nitrogens with zero attached hydrogens (tertiary/aromatic N) is 2. The van der Waals surface area contributed by atoms with Gasteiger partial charge in [-0.2, -0.15) is 5.10 Å². The van der Waals surface area contributed by atoms with E-state index < -0.39 is 6.10 Å². The maximum atomic E-state index is 12.2. The molecule has 0 aromatic carbocycles. The molecule has 0 saturated carbocycles. The van der Waals surface area contributed by atoms with Crippen LogP contribution in [0.4, 0.5) is 0 Å². The Hall–Kier alpha value is -1.36. The van der Waals surface area contributed by atoms with Gasteiger partial charge in [0.2, 0.25) is 0 Å². The number of aromatic nitrogens is 2. The summed E-state index contributed by atoms with van der Waals surface area (Å²) in [5, 5.41) is 17.1. The molecular formula is C16H29N3O2. The zero-order chi connectivity index (χ0) is 16.2. The lowest BCUT2D eigenvalue weighted by molar-refractivity contribution is 0.0586. The van der Waals surface area contributed by atoms with Crippen molar-refractivity contribution < 1.29 is 9.90 Å². The highest BCUT2D eigenvalue weighted by atomic mass is 16.3. The molecule has 1 aromatic rings. The molecule has 21 heavy (non-hydrogen) atoms. The van der Waals surface area contributed by atoms with E-state index in [9.17, 15) is 9.90 Å². The maximum absolute atomic E-state index is 12.2. The molecule has 0 bridgehead atoms. The van der Waals surface area contributed by atoms with Crippen LogP contribution in [0.15, 0.2) is 6.20 Å². The van der Waals surface area contributed by atoms with Gasteiger partial charge in [-0.05, 0) is 25.2 Å². The van der Waals surface area contributed by atoms with Crippen LogP contribution in [0.1, 0.15) is 69.6 Å². The Morgan fingerprint density at radius 3 is 2.43 bits per heavy atom. The van der Waals surface area contributed by atoms with Crippen molar-refractivity contribution in [3.8, 4) is 0 Å². The number of rotatable bonds is 6. The van der Waals surface area contributed by atoms with Gasteiger partial charge in [0.05, 0.1) is 23.9 Å². The van der Waals surface area contributed by atoms with Crippen molar-refractivity contribution in [2.24, 2.45) is 5.41 Å². The van der Waals surface area contributed by atoms with Gasteiger partial charge in [-0.3, -0.25) is 9.48 Å². The molecule has 0 aliphatic rings. The highest BCUT2D eigenvalue weighted by Crippen LogP contribution is 2.20. The molecule has 5 heteroatoms. The Morgan fingerprint density at radius 1 is 1.38 bits per heavy atom. The van der Waals surface area contributed by atoms with E-state index in [1.54, 1.807) is 6.20 Å². The van der Waals surface area contributed by atoms with E-state index in [1.165, 1.54) is 0 Å². The maximum Gasteiger partial charge on any atom is 0.254 e. The predicted octanol–water partition coefficient (Wildman–Crippen LogP) is 2.69. The number of aliphatic hydroxyl groups excluding tert-OH is 1. The Bertz CT molecular complexity index is 470. The molecule has 0 fully saturated rings. The summed E-state index contributed by atoms with van der Waals surface area (Å²) in [6.07, 6.45) is 3.02. The normalized spacial score (nSPS) is 13.5. The molecule has 0 saturated heterocycles. The van der Waals surface area contributed by atoms with Crippen molar-refractivity contribution in [1.29, 1.82) is 0 Å². The number of aliphatic hydroxyl groups is 1. The molecule has 120 valence electrons. The zero-order valence-electron chi connectivity index (χ0n) is 14.1. The Labute approximate surface area is 127 Å². The van der Waals surface area contributed by atoms with Crippen LogP contribution in [0.3, 0.4) is 0 Å². The minimum absolute atomic E-state index is 0.173. The molecule has 5 nitrogen and oxygen atoms in total. The number of hydrogen-bond acceptors (Lipinski definition) is 3. The van der Waals surface area contributed by atoms with E-state index in [0.29, 0.717) is 11.6 Å². The monoisotopic (exact) mass is 295 g/mol. The van der Waals surface area contributed by atoms with Crippen LogP contribution in [0.5, 0.6) is 0 Å². The predicted molar refractivity (Wildman–Crippen MR) is 84.4 cm³/mol. The largest absolute Gasteiger partial charge is 0.391 e. The number of hydrogen-bond donors (Lipinski definition) is 2. The first kappa shape index (κ1) is 17.7. The molecular weight excluding hydrogens is 266 g/mol. The van der Waals surface area contributed by atoms with E-state index >= 15 is 0 Å². The summed E-state index contributed by atoms with van der Waals surface area (Å²) in [4.78, 5) is 12.2. The molecule has 0 spiro atoms. The minimum atomic E-state index is -0.573. The Kier molecular flexibility index (Phi) is 5.96. The van der Waals surface area contributed by atoms with Crippen molar-refractivity contribution in [3.05, 3.63) is 17.5 Å². The van der Waals surface area contributed by atoms with E-state index in [4.69, 9.17) is 0 Å². The van der Waals surface area contributed by atoms with Gasteiger partial charge < -0.3 is 10.4 Å². The van der Waals surface area contributed by atoms with Gasteiger partial charge in [0, 0.05) is 12.2 Å². The third-order valence-corrected chi connectivity index (χ3v) is 4.03. The molecule has 0 aliphatic heterocycles. The van der Waals surface area contributed by atoms with Crippen LogP contribution < -0.4 is 5.32 Å². The molecule has 1 unspecified atom stereocenters. The number of amides is 1. The fourth-order valence-corrected chi connectivity index (χ4v) is 2.24. The molecule has 1 rings (SSSR count). The second-order valence-corrected chi connectivity index (χ2v) is 6.65. The van der Waals surface area contributed by atoms with E-state index in [2.05, 4.69) is 24.3 Å². The summed E-state index contributed by atoms with van der Waals surface area (Å²) in [5.41, 5.74) is 1.22. The van der Waals surface area contributed by atoms with Crippen LogP contribution >= 0.6 is 0 Å². The van der Waals surface area contributed by atoms with Crippen molar-refractivity contribution >= 4 is 5.91 Å². The Balaban J connectivity index is 2.76. The van der Waals surface area contributed by atoms with Gasteiger partial charge in [0.15, 0.2) is 0 Å². The van der Waals surface area contributed by atoms with Crippen LogP contribution in [0.2, 0.25) is 0 Å². The first-order chi connectivity index (χ1) is 9.72. The summed E-state index contributed by atoms with van der Waals surface area (Å²) >= 11 is 0. The topological polar surface area (TPSA) is 67.2 Å². The third-order valence-electron chi connectivity index (χ3n) is 4.03. The lowest BCUT2D eigenvalue weighted by Gasteiger charge is -2.25. The standard InChI is InChI=1S/C16H29N3O2/c1-7-12(8-2)19-11(3)13(9-18-19)15(21)17-10-14(20)16(4,5)6/h9,12,14,20H,7-8,10H2,1-6H3,(H,17,21). The Morgan fingerprint density at radius 2 is 1.95 bits per heavy atom. The highest BCUT2D eigenvalue weighted by molar-refractivity contribution is 5.95. The van der Waals surface area contributed by atoms with Crippen LogP contribution in [-0.2, 0) is 0 Å². The molecule has 1 heterocycles. The second-order valence-electron chi connectivity index (χ2n) is 6.65. The highest BCUT2D eigenvalue weighted by Gasteiger charge is 2.24. The first-order valence-corrected chi connectivity index (χ1v) is 7.72. The number of carbonyl (C=O) groups is 1. The SMILES string of the molecule is CCC(CC)n1ncc(C(=O)NCC(O)C(C)(C)C)c1C. The van der Waals surface area contributed by atoms with E-state index in [1.807, 2.05) is 32.4 Å². The molecule has 1 atom stereocenters. The molecule has 0 radical (unpaired) electrons. The first-order valence-electron chi connectivity index (χ1n) is 7.72. The van der Waals surface area contributed by atoms with Crippen molar-refractivity contribution in [1.82, 2.24) is 15.1 Å². The second kappa shape index (κ2) is 7.07. The van der Waals surface area contributed by atoms with Crippen LogP contribution in [0.25, 0.3) is 0 Å². The smallest absolute Gasteiger partial charge is 0.254 e. The van der Waals surface area contributed by atoms with Crippen molar-refractivity contribution in [2.45, 2.75) is 66.5 Å². The molecule has 1 aromatic heterocycles. The summed E-state index contributed by atoms with van der Waals surface area (Å²) < 4.78 is 1.93.